The lowest BCUT2D eigenvalue weighted by atomic mass is 10.2. The summed E-state index contributed by atoms with van der Waals surface area (Å²) in [7, 11) is -4.23. The average Bonchev–Trinajstić information content (AvgIpc) is 2.74. The van der Waals surface area contributed by atoms with Gasteiger partial charge >= 0.3 is 10.2 Å². The zero-order valence-electron chi connectivity index (χ0n) is 12.2. The topological polar surface area (TPSA) is 40.6 Å². The van der Waals surface area contributed by atoms with Gasteiger partial charge in [0.15, 0.2) is 5.82 Å². The van der Waals surface area contributed by atoms with Crippen molar-refractivity contribution < 1.29 is 21.6 Å². The summed E-state index contributed by atoms with van der Waals surface area (Å²) in [6.07, 6.45) is 0.437. The van der Waals surface area contributed by atoms with Gasteiger partial charge in [-0.2, -0.15) is 8.42 Å². The SMILES string of the molecule is O=S1(=O)N(CCCBr)c2c(F)cccc2N1c1ccc(F)cc1F. The number of anilines is 3. The molecule has 0 N–H and O–H groups in total. The summed E-state index contributed by atoms with van der Waals surface area (Å²) in [6.45, 7) is 0.0286. The van der Waals surface area contributed by atoms with E-state index in [1.54, 1.807) is 0 Å². The Hall–Kier alpha value is -1.74. The van der Waals surface area contributed by atoms with Crippen molar-refractivity contribution in [2.75, 3.05) is 20.5 Å². The van der Waals surface area contributed by atoms with Crippen LogP contribution in [0.3, 0.4) is 0 Å². The van der Waals surface area contributed by atoms with Gasteiger partial charge in [-0.05, 0) is 30.7 Å². The predicted molar refractivity (Wildman–Crippen MR) is 89.6 cm³/mol. The molecule has 1 aliphatic rings. The second-order valence-electron chi connectivity index (χ2n) is 5.09. The Morgan fingerprint density at radius 3 is 2.42 bits per heavy atom. The maximum Gasteiger partial charge on any atom is 0.331 e. The molecule has 0 aliphatic carbocycles. The summed E-state index contributed by atoms with van der Waals surface area (Å²) < 4.78 is 68.9. The number of alkyl halides is 1. The minimum absolute atomic E-state index is 0.00455. The molecule has 0 unspecified atom stereocenters. The standard InChI is InChI=1S/C15H12BrF3N2O2S/c16-7-2-8-20-15-11(18)3-1-4-14(15)21(24(20,22)23)13-6-5-10(17)9-12(13)19/h1,3-6,9H,2,7-8H2. The largest absolute Gasteiger partial charge is 0.331 e. The first-order valence-electron chi connectivity index (χ1n) is 7.00. The van der Waals surface area contributed by atoms with Crippen LogP contribution in [-0.2, 0) is 10.2 Å². The lowest BCUT2D eigenvalue weighted by Crippen LogP contribution is -2.36. The fourth-order valence-electron chi connectivity index (χ4n) is 2.58. The van der Waals surface area contributed by atoms with Crippen molar-refractivity contribution >= 4 is 43.2 Å². The molecule has 3 rings (SSSR count). The molecule has 9 heteroatoms. The van der Waals surface area contributed by atoms with Gasteiger partial charge in [0.25, 0.3) is 0 Å². The molecule has 0 aromatic heterocycles. The molecular formula is C15H12BrF3N2O2S. The van der Waals surface area contributed by atoms with Gasteiger partial charge in [-0.25, -0.2) is 21.8 Å². The van der Waals surface area contributed by atoms with Gasteiger partial charge < -0.3 is 0 Å². The van der Waals surface area contributed by atoms with Crippen molar-refractivity contribution in [3.63, 3.8) is 0 Å². The van der Waals surface area contributed by atoms with E-state index in [-0.39, 0.29) is 23.6 Å². The summed E-state index contributed by atoms with van der Waals surface area (Å²) in [4.78, 5) is 0. The highest BCUT2D eigenvalue weighted by Gasteiger charge is 2.43. The third-order valence-electron chi connectivity index (χ3n) is 3.57. The fourth-order valence-corrected chi connectivity index (χ4v) is 4.60. The molecule has 0 spiro atoms. The van der Waals surface area contributed by atoms with Crippen LogP contribution in [0.5, 0.6) is 0 Å². The molecule has 0 fully saturated rings. The number of para-hydroxylation sites is 1. The molecule has 4 nitrogen and oxygen atoms in total. The third-order valence-corrected chi connectivity index (χ3v) is 5.90. The lowest BCUT2D eigenvalue weighted by molar-refractivity contribution is 0.578. The number of halogens is 4. The number of hydrogen-bond acceptors (Lipinski definition) is 2. The van der Waals surface area contributed by atoms with E-state index in [9.17, 15) is 21.6 Å². The summed E-state index contributed by atoms with van der Waals surface area (Å²) in [5.74, 6) is -2.60. The van der Waals surface area contributed by atoms with Crippen LogP contribution in [0, 0.1) is 17.5 Å². The number of hydrogen-bond donors (Lipinski definition) is 0. The molecule has 0 saturated carbocycles. The van der Waals surface area contributed by atoms with Gasteiger partial charge in [0.1, 0.15) is 17.3 Å². The number of benzene rings is 2. The van der Waals surface area contributed by atoms with Gasteiger partial charge in [0.2, 0.25) is 0 Å². The van der Waals surface area contributed by atoms with Gasteiger partial charge in [-0.15, -0.1) is 0 Å². The molecule has 0 amide bonds. The van der Waals surface area contributed by atoms with Crippen molar-refractivity contribution in [3.8, 4) is 0 Å². The Bertz CT molecular complexity index is 892. The molecule has 2 aromatic rings. The van der Waals surface area contributed by atoms with E-state index in [1.807, 2.05) is 0 Å². The van der Waals surface area contributed by atoms with Gasteiger partial charge in [0, 0.05) is 17.9 Å². The summed E-state index contributed by atoms with van der Waals surface area (Å²) in [6, 6.07) is 6.42. The normalized spacial score (nSPS) is 15.7. The average molecular weight is 421 g/mol. The van der Waals surface area contributed by atoms with Crippen LogP contribution in [0.25, 0.3) is 0 Å². The molecule has 2 aromatic carbocycles. The molecule has 128 valence electrons. The molecule has 24 heavy (non-hydrogen) atoms. The van der Waals surface area contributed by atoms with Crippen LogP contribution < -0.4 is 8.61 Å². The van der Waals surface area contributed by atoms with E-state index >= 15 is 0 Å². The van der Waals surface area contributed by atoms with Crippen LogP contribution in [0.4, 0.5) is 30.2 Å². The Morgan fingerprint density at radius 2 is 1.75 bits per heavy atom. The van der Waals surface area contributed by atoms with Crippen molar-refractivity contribution in [2.24, 2.45) is 0 Å². The first-order valence-corrected chi connectivity index (χ1v) is 9.52. The van der Waals surface area contributed by atoms with Crippen LogP contribution in [0.2, 0.25) is 0 Å². The minimum Gasteiger partial charge on any atom is -0.248 e. The Kier molecular flexibility index (Phi) is 4.48. The molecule has 1 heterocycles. The van der Waals surface area contributed by atoms with Crippen molar-refractivity contribution in [1.29, 1.82) is 0 Å². The zero-order valence-corrected chi connectivity index (χ0v) is 14.6. The van der Waals surface area contributed by atoms with Crippen LogP contribution in [0.15, 0.2) is 36.4 Å². The van der Waals surface area contributed by atoms with E-state index in [2.05, 4.69) is 15.9 Å². The van der Waals surface area contributed by atoms with E-state index in [0.29, 0.717) is 22.1 Å². The lowest BCUT2D eigenvalue weighted by Gasteiger charge is -2.21. The first kappa shape index (κ1) is 17.1. The van der Waals surface area contributed by atoms with E-state index in [0.717, 1.165) is 22.5 Å². The third kappa shape index (κ3) is 2.65. The fraction of sp³-hybridized carbons (Fsp3) is 0.200. The second kappa shape index (κ2) is 6.29. The van der Waals surface area contributed by atoms with Crippen LogP contribution in [0.1, 0.15) is 6.42 Å². The van der Waals surface area contributed by atoms with Crippen LogP contribution in [-0.4, -0.2) is 20.3 Å². The molecule has 1 aliphatic heterocycles. The van der Waals surface area contributed by atoms with Crippen molar-refractivity contribution in [2.45, 2.75) is 6.42 Å². The summed E-state index contributed by atoms with van der Waals surface area (Å²) >= 11 is 3.20. The van der Waals surface area contributed by atoms with Crippen LogP contribution >= 0.6 is 15.9 Å². The molecule has 0 radical (unpaired) electrons. The Labute approximate surface area is 145 Å². The molecule has 0 bridgehead atoms. The highest BCUT2D eigenvalue weighted by molar-refractivity contribution is 9.09. The van der Waals surface area contributed by atoms with E-state index in [4.69, 9.17) is 0 Å². The second-order valence-corrected chi connectivity index (χ2v) is 7.58. The maximum atomic E-state index is 14.3. The summed E-state index contributed by atoms with van der Waals surface area (Å²) in [5.41, 5.74) is -0.498. The first-order chi connectivity index (χ1) is 11.4. The minimum atomic E-state index is -4.23. The Morgan fingerprint density at radius 1 is 1.00 bits per heavy atom. The van der Waals surface area contributed by atoms with E-state index < -0.39 is 27.7 Å². The van der Waals surface area contributed by atoms with E-state index in [1.165, 1.54) is 12.1 Å². The molecular weight excluding hydrogens is 409 g/mol. The Balaban J connectivity index is 2.22. The maximum absolute atomic E-state index is 14.3. The quantitative estimate of drug-likeness (QED) is 0.698. The molecule has 0 atom stereocenters. The highest BCUT2D eigenvalue weighted by Crippen LogP contribution is 2.47. The number of rotatable bonds is 4. The predicted octanol–water partition coefficient (Wildman–Crippen LogP) is 4.09. The summed E-state index contributed by atoms with van der Waals surface area (Å²) in [5, 5.41) is 0.522. The highest BCUT2D eigenvalue weighted by atomic mass is 79.9. The van der Waals surface area contributed by atoms with Gasteiger partial charge in [-0.3, -0.25) is 0 Å². The zero-order chi connectivity index (χ0) is 17.5. The van der Waals surface area contributed by atoms with Gasteiger partial charge in [-0.1, -0.05) is 22.0 Å². The number of fused-ring (bicyclic) bond motifs is 1. The molecule has 0 saturated heterocycles. The van der Waals surface area contributed by atoms with Gasteiger partial charge in [0.05, 0.1) is 11.4 Å². The monoisotopic (exact) mass is 420 g/mol. The van der Waals surface area contributed by atoms with Crippen molar-refractivity contribution in [1.82, 2.24) is 0 Å². The van der Waals surface area contributed by atoms with Crippen molar-refractivity contribution in [3.05, 3.63) is 53.8 Å². The number of nitrogens with zero attached hydrogens (tertiary/aromatic N) is 2. The smallest absolute Gasteiger partial charge is 0.248 e.